The number of rotatable bonds is 5. The van der Waals surface area contributed by atoms with Crippen LogP contribution in [0.3, 0.4) is 0 Å². The van der Waals surface area contributed by atoms with Crippen LogP contribution in [0.4, 0.5) is 0 Å². The van der Waals surface area contributed by atoms with Crippen molar-refractivity contribution in [1.82, 2.24) is 4.31 Å². The van der Waals surface area contributed by atoms with Crippen molar-refractivity contribution in [2.75, 3.05) is 7.05 Å². The zero-order chi connectivity index (χ0) is 16.5. The third-order valence-corrected chi connectivity index (χ3v) is 6.13. The van der Waals surface area contributed by atoms with Gasteiger partial charge in [0.15, 0.2) is 0 Å². The van der Waals surface area contributed by atoms with Gasteiger partial charge in [0.1, 0.15) is 0 Å². The quantitative estimate of drug-likeness (QED) is 0.907. The van der Waals surface area contributed by atoms with E-state index < -0.39 is 16.0 Å². The van der Waals surface area contributed by atoms with E-state index in [1.54, 1.807) is 13.8 Å². The van der Waals surface area contributed by atoms with Gasteiger partial charge in [-0.3, -0.25) is 0 Å². The number of hydrogen-bond donors (Lipinski definition) is 1. The van der Waals surface area contributed by atoms with Crippen LogP contribution < -0.4 is 0 Å². The lowest BCUT2D eigenvalue weighted by atomic mass is 10.1. The Morgan fingerprint density at radius 2 is 1.71 bits per heavy atom. The smallest absolute Gasteiger partial charge is 0.335 e. The monoisotopic (exact) mass is 313 g/mol. The summed E-state index contributed by atoms with van der Waals surface area (Å²) in [5.74, 6) is -0.969. The molecule has 0 saturated heterocycles. The van der Waals surface area contributed by atoms with Crippen LogP contribution in [0.25, 0.3) is 0 Å². The summed E-state index contributed by atoms with van der Waals surface area (Å²) >= 11 is 0. The molecule has 0 radical (unpaired) electrons. The summed E-state index contributed by atoms with van der Waals surface area (Å²) in [4.78, 5) is 11.2. The maximum absolute atomic E-state index is 12.8. The molecule has 1 aromatic carbocycles. The Labute approximate surface area is 126 Å². The molecule has 0 heterocycles. The lowest BCUT2D eigenvalue weighted by Gasteiger charge is -2.28. The van der Waals surface area contributed by atoms with Gasteiger partial charge in [-0.1, -0.05) is 13.8 Å². The molecule has 5 nitrogen and oxygen atoms in total. The van der Waals surface area contributed by atoms with Crippen LogP contribution >= 0.6 is 0 Å². The molecule has 0 aliphatic rings. The minimum Gasteiger partial charge on any atom is -0.478 e. The number of carboxylic acids is 1. The maximum atomic E-state index is 12.8. The van der Waals surface area contributed by atoms with Crippen molar-refractivity contribution in [2.45, 2.75) is 45.6 Å². The Bertz CT molecular complexity index is 650. The van der Waals surface area contributed by atoms with Gasteiger partial charge in [-0.25, -0.2) is 13.2 Å². The van der Waals surface area contributed by atoms with Gasteiger partial charge in [0.25, 0.3) is 0 Å². The van der Waals surface area contributed by atoms with E-state index in [1.165, 1.54) is 23.5 Å². The minimum absolute atomic E-state index is 0.0118. The zero-order valence-corrected chi connectivity index (χ0v) is 14.2. The summed E-state index contributed by atoms with van der Waals surface area (Å²) < 4.78 is 26.8. The molecule has 0 saturated carbocycles. The molecule has 0 amide bonds. The number of aryl methyl sites for hydroxylation is 1. The first-order chi connectivity index (χ1) is 9.50. The fourth-order valence-corrected chi connectivity index (χ4v) is 3.83. The predicted molar refractivity (Wildman–Crippen MR) is 82.1 cm³/mol. The topological polar surface area (TPSA) is 74.7 Å². The molecule has 1 rings (SSSR count). The van der Waals surface area contributed by atoms with Gasteiger partial charge >= 0.3 is 5.97 Å². The van der Waals surface area contributed by atoms with Crippen LogP contribution in [0.5, 0.6) is 0 Å². The standard InChI is InChI=1S/C15H23NO4S/c1-9(2)12(5)16(6)21(19,20)14-8-13(15(17)18)7-10(3)11(14)4/h7-9,12H,1-6H3,(H,17,18). The van der Waals surface area contributed by atoms with E-state index in [1.807, 2.05) is 20.8 Å². The first-order valence-electron chi connectivity index (χ1n) is 6.82. The van der Waals surface area contributed by atoms with Crippen molar-refractivity contribution >= 4 is 16.0 Å². The second-order valence-electron chi connectivity index (χ2n) is 5.73. The van der Waals surface area contributed by atoms with Crippen molar-refractivity contribution in [2.24, 2.45) is 5.92 Å². The number of sulfonamides is 1. The number of carboxylic acid groups (broad SMARTS) is 1. The molecule has 0 bridgehead atoms. The summed E-state index contributed by atoms with van der Waals surface area (Å²) in [5, 5.41) is 9.12. The average Bonchev–Trinajstić information content (AvgIpc) is 2.39. The molecule has 21 heavy (non-hydrogen) atoms. The van der Waals surface area contributed by atoms with Crippen LogP contribution in [0.2, 0.25) is 0 Å². The van der Waals surface area contributed by atoms with Crippen molar-refractivity contribution in [1.29, 1.82) is 0 Å². The molecule has 1 aromatic rings. The van der Waals surface area contributed by atoms with E-state index >= 15 is 0 Å². The highest BCUT2D eigenvalue weighted by Gasteiger charge is 2.29. The van der Waals surface area contributed by atoms with E-state index in [4.69, 9.17) is 5.11 Å². The first-order valence-corrected chi connectivity index (χ1v) is 8.26. The number of aromatic carboxylic acids is 1. The van der Waals surface area contributed by atoms with Gasteiger partial charge in [-0.2, -0.15) is 4.31 Å². The van der Waals surface area contributed by atoms with Gasteiger partial charge in [-0.05, 0) is 49.9 Å². The Hall–Kier alpha value is -1.40. The van der Waals surface area contributed by atoms with Crippen molar-refractivity contribution in [3.63, 3.8) is 0 Å². The molecule has 0 aromatic heterocycles. The summed E-state index contributed by atoms with van der Waals surface area (Å²) in [7, 11) is -2.19. The number of carbonyl (C=O) groups is 1. The summed E-state index contributed by atoms with van der Waals surface area (Å²) in [6.45, 7) is 9.14. The van der Waals surface area contributed by atoms with Gasteiger partial charge in [0, 0.05) is 13.1 Å². The van der Waals surface area contributed by atoms with E-state index in [-0.39, 0.29) is 22.4 Å². The largest absolute Gasteiger partial charge is 0.478 e. The van der Waals surface area contributed by atoms with Gasteiger partial charge in [0.2, 0.25) is 10.0 Å². The average molecular weight is 313 g/mol. The molecule has 1 atom stereocenters. The van der Waals surface area contributed by atoms with Gasteiger partial charge in [0.05, 0.1) is 10.5 Å². The normalized spacial score (nSPS) is 13.7. The Morgan fingerprint density at radius 3 is 2.14 bits per heavy atom. The fourth-order valence-electron chi connectivity index (χ4n) is 2.01. The van der Waals surface area contributed by atoms with Crippen LogP contribution in [-0.4, -0.2) is 36.9 Å². The van der Waals surface area contributed by atoms with Crippen LogP contribution in [0, 0.1) is 19.8 Å². The summed E-state index contributed by atoms with van der Waals surface area (Å²) in [5.41, 5.74) is 1.23. The lowest BCUT2D eigenvalue weighted by molar-refractivity contribution is 0.0696. The maximum Gasteiger partial charge on any atom is 0.335 e. The molecular weight excluding hydrogens is 290 g/mol. The van der Waals surface area contributed by atoms with Crippen LogP contribution in [-0.2, 0) is 10.0 Å². The highest BCUT2D eigenvalue weighted by molar-refractivity contribution is 7.89. The molecule has 0 fully saturated rings. The van der Waals surface area contributed by atoms with E-state index in [9.17, 15) is 13.2 Å². The summed E-state index contributed by atoms with van der Waals surface area (Å²) in [6, 6.07) is 2.55. The van der Waals surface area contributed by atoms with E-state index in [0.29, 0.717) is 11.1 Å². The van der Waals surface area contributed by atoms with Crippen molar-refractivity contribution in [3.05, 3.63) is 28.8 Å². The highest BCUT2D eigenvalue weighted by Crippen LogP contribution is 2.26. The van der Waals surface area contributed by atoms with Crippen LogP contribution in [0.15, 0.2) is 17.0 Å². The van der Waals surface area contributed by atoms with Crippen molar-refractivity contribution in [3.8, 4) is 0 Å². The second kappa shape index (κ2) is 6.15. The SMILES string of the molecule is Cc1cc(C(=O)O)cc(S(=O)(=O)N(C)C(C)C(C)C)c1C. The Balaban J connectivity index is 3.48. The molecule has 1 N–H and O–H groups in total. The molecule has 6 heteroatoms. The van der Waals surface area contributed by atoms with Crippen molar-refractivity contribution < 1.29 is 18.3 Å². The number of nitrogens with zero attached hydrogens (tertiary/aromatic N) is 1. The third kappa shape index (κ3) is 3.44. The zero-order valence-electron chi connectivity index (χ0n) is 13.3. The second-order valence-corrected chi connectivity index (χ2v) is 7.69. The third-order valence-electron chi connectivity index (χ3n) is 4.06. The lowest BCUT2D eigenvalue weighted by Crippen LogP contribution is -2.38. The molecule has 118 valence electrons. The molecular formula is C15H23NO4S. The predicted octanol–water partition coefficient (Wildman–Crippen LogP) is 2.67. The highest BCUT2D eigenvalue weighted by atomic mass is 32.2. The Kier molecular flexibility index (Phi) is 5.17. The van der Waals surface area contributed by atoms with Crippen LogP contribution in [0.1, 0.15) is 42.3 Å². The van der Waals surface area contributed by atoms with Gasteiger partial charge in [-0.15, -0.1) is 0 Å². The van der Waals surface area contributed by atoms with Gasteiger partial charge < -0.3 is 5.11 Å². The fraction of sp³-hybridized carbons (Fsp3) is 0.533. The molecule has 0 aliphatic carbocycles. The first kappa shape index (κ1) is 17.7. The number of hydrogen-bond acceptors (Lipinski definition) is 3. The molecule has 0 spiro atoms. The summed E-state index contributed by atoms with van der Waals surface area (Å²) in [6.07, 6.45) is 0. The minimum atomic E-state index is -3.72. The Morgan fingerprint density at radius 1 is 1.19 bits per heavy atom. The molecule has 0 aliphatic heterocycles. The van der Waals surface area contributed by atoms with E-state index in [0.717, 1.165) is 0 Å². The number of benzene rings is 1. The van der Waals surface area contributed by atoms with E-state index in [2.05, 4.69) is 0 Å². The molecule has 1 unspecified atom stereocenters.